The number of anilines is 1. The normalized spacial score (nSPS) is 10.4. The monoisotopic (exact) mass is 260 g/mol. The van der Waals surface area contributed by atoms with Crippen molar-refractivity contribution in [1.82, 2.24) is 4.98 Å². The first-order chi connectivity index (χ1) is 5.79. The zero-order chi connectivity index (χ0) is 8.55. The average Bonchev–Trinajstić information content (AvgIpc) is 2.61. The Labute approximate surface area is 86.2 Å². The van der Waals surface area contributed by atoms with Crippen LogP contribution in [0.5, 0.6) is 0 Å². The Morgan fingerprint density at radius 1 is 1.42 bits per heavy atom. The summed E-state index contributed by atoms with van der Waals surface area (Å²) in [5, 5.41) is 5.71. The third kappa shape index (κ3) is 1.28. The topological polar surface area (TPSA) is 38.9 Å². The lowest BCUT2D eigenvalue weighted by atomic mass is 10.3. The molecular formula is C7H5BrN2S2. The first kappa shape index (κ1) is 8.22. The molecule has 0 unspecified atom stereocenters. The van der Waals surface area contributed by atoms with Crippen molar-refractivity contribution < 1.29 is 0 Å². The van der Waals surface area contributed by atoms with Crippen molar-refractivity contribution in [3.8, 4) is 10.6 Å². The number of rotatable bonds is 1. The fourth-order valence-corrected chi connectivity index (χ4v) is 3.30. The van der Waals surface area contributed by atoms with E-state index in [2.05, 4.69) is 20.9 Å². The first-order valence-corrected chi connectivity index (χ1v) is 5.76. The maximum atomic E-state index is 5.79. The van der Waals surface area contributed by atoms with Gasteiger partial charge in [-0.3, -0.25) is 0 Å². The van der Waals surface area contributed by atoms with E-state index in [0.717, 1.165) is 20.0 Å². The standard InChI is InChI=1S/C7H5BrN2S2/c8-4-3-12-6(9)5(4)7-10-1-2-11-7/h1-3H,9H2. The van der Waals surface area contributed by atoms with Gasteiger partial charge in [-0.15, -0.1) is 22.7 Å². The van der Waals surface area contributed by atoms with Crippen LogP contribution in [-0.2, 0) is 0 Å². The molecule has 2 aromatic heterocycles. The number of nitrogens with two attached hydrogens (primary N) is 1. The molecule has 0 bridgehead atoms. The Morgan fingerprint density at radius 2 is 2.25 bits per heavy atom. The van der Waals surface area contributed by atoms with E-state index in [1.54, 1.807) is 17.5 Å². The molecule has 2 aromatic rings. The molecule has 0 spiro atoms. The van der Waals surface area contributed by atoms with E-state index in [-0.39, 0.29) is 0 Å². The van der Waals surface area contributed by atoms with E-state index >= 15 is 0 Å². The fraction of sp³-hybridized carbons (Fsp3) is 0. The van der Waals surface area contributed by atoms with Crippen molar-refractivity contribution in [3.63, 3.8) is 0 Å². The van der Waals surface area contributed by atoms with Crippen LogP contribution in [0.1, 0.15) is 0 Å². The predicted molar refractivity (Wildman–Crippen MR) is 57.5 cm³/mol. The summed E-state index contributed by atoms with van der Waals surface area (Å²) in [6.45, 7) is 0. The van der Waals surface area contributed by atoms with E-state index < -0.39 is 0 Å². The maximum absolute atomic E-state index is 5.79. The van der Waals surface area contributed by atoms with E-state index in [4.69, 9.17) is 5.73 Å². The number of halogens is 1. The minimum absolute atomic E-state index is 0.817. The highest BCUT2D eigenvalue weighted by atomic mass is 79.9. The molecule has 62 valence electrons. The number of aromatic nitrogens is 1. The Morgan fingerprint density at radius 3 is 2.75 bits per heavy atom. The fourth-order valence-electron chi connectivity index (χ4n) is 0.905. The number of thiophene rings is 1. The van der Waals surface area contributed by atoms with Gasteiger partial charge in [-0.1, -0.05) is 0 Å². The van der Waals surface area contributed by atoms with Gasteiger partial charge in [0.05, 0.1) is 10.6 Å². The number of nitrogen functional groups attached to an aromatic ring is 1. The molecule has 2 heterocycles. The number of hydrogen-bond donors (Lipinski definition) is 1. The van der Waals surface area contributed by atoms with Crippen LogP contribution in [0.15, 0.2) is 21.4 Å². The molecule has 0 aromatic carbocycles. The molecule has 0 aliphatic heterocycles. The molecule has 0 atom stereocenters. The van der Waals surface area contributed by atoms with Gasteiger partial charge in [0.25, 0.3) is 0 Å². The molecule has 0 saturated heterocycles. The van der Waals surface area contributed by atoms with Gasteiger partial charge in [-0.05, 0) is 15.9 Å². The molecule has 0 amide bonds. The number of hydrogen-bond acceptors (Lipinski definition) is 4. The molecule has 0 aliphatic carbocycles. The minimum Gasteiger partial charge on any atom is -0.390 e. The number of nitrogens with zero attached hydrogens (tertiary/aromatic N) is 1. The van der Waals surface area contributed by atoms with Gasteiger partial charge in [-0.25, -0.2) is 4.98 Å². The highest BCUT2D eigenvalue weighted by Crippen LogP contribution is 2.39. The van der Waals surface area contributed by atoms with Gasteiger partial charge >= 0.3 is 0 Å². The quantitative estimate of drug-likeness (QED) is 0.856. The molecule has 0 fully saturated rings. The summed E-state index contributed by atoms with van der Waals surface area (Å²) in [4.78, 5) is 4.20. The van der Waals surface area contributed by atoms with Crippen molar-refractivity contribution in [1.29, 1.82) is 0 Å². The van der Waals surface area contributed by atoms with Crippen LogP contribution in [0.25, 0.3) is 10.6 Å². The summed E-state index contributed by atoms with van der Waals surface area (Å²) < 4.78 is 1.03. The Bertz CT molecular complexity index is 361. The SMILES string of the molecule is Nc1scc(Br)c1-c1nccs1. The van der Waals surface area contributed by atoms with E-state index in [1.165, 1.54) is 11.3 Å². The first-order valence-electron chi connectivity index (χ1n) is 3.21. The second kappa shape index (κ2) is 3.16. The minimum atomic E-state index is 0.817. The Kier molecular flexibility index (Phi) is 2.16. The van der Waals surface area contributed by atoms with Crippen LogP contribution in [0.2, 0.25) is 0 Å². The van der Waals surface area contributed by atoms with Crippen LogP contribution in [-0.4, -0.2) is 4.98 Å². The lowest BCUT2D eigenvalue weighted by Gasteiger charge is -1.93. The third-order valence-electron chi connectivity index (χ3n) is 1.42. The van der Waals surface area contributed by atoms with Crippen molar-refractivity contribution in [2.75, 3.05) is 5.73 Å². The van der Waals surface area contributed by atoms with Gasteiger partial charge in [0.2, 0.25) is 0 Å². The highest BCUT2D eigenvalue weighted by molar-refractivity contribution is 9.10. The zero-order valence-electron chi connectivity index (χ0n) is 5.95. The second-order valence-corrected chi connectivity index (χ2v) is 4.82. The Balaban J connectivity index is 2.60. The molecule has 0 aliphatic rings. The summed E-state index contributed by atoms with van der Waals surface area (Å²) in [6.07, 6.45) is 1.78. The molecular weight excluding hydrogens is 256 g/mol. The van der Waals surface area contributed by atoms with Crippen LogP contribution < -0.4 is 5.73 Å². The van der Waals surface area contributed by atoms with Crippen LogP contribution in [0.4, 0.5) is 5.00 Å². The molecule has 2 nitrogen and oxygen atoms in total. The van der Waals surface area contributed by atoms with Crippen molar-refractivity contribution in [2.24, 2.45) is 0 Å². The summed E-state index contributed by atoms with van der Waals surface area (Å²) in [6, 6.07) is 0. The maximum Gasteiger partial charge on any atom is 0.127 e. The summed E-state index contributed by atoms with van der Waals surface area (Å²) >= 11 is 6.56. The van der Waals surface area contributed by atoms with Crippen LogP contribution in [0, 0.1) is 0 Å². The van der Waals surface area contributed by atoms with Crippen LogP contribution >= 0.6 is 38.6 Å². The second-order valence-electron chi connectivity index (χ2n) is 2.16. The molecule has 2 rings (SSSR count). The Hall–Kier alpha value is -0.390. The smallest absolute Gasteiger partial charge is 0.127 e. The largest absolute Gasteiger partial charge is 0.390 e. The van der Waals surface area contributed by atoms with Gasteiger partial charge in [0.1, 0.15) is 5.01 Å². The zero-order valence-corrected chi connectivity index (χ0v) is 9.17. The number of thiazole rings is 1. The average molecular weight is 261 g/mol. The van der Waals surface area contributed by atoms with E-state index in [9.17, 15) is 0 Å². The summed E-state index contributed by atoms with van der Waals surface area (Å²) in [5.41, 5.74) is 6.81. The summed E-state index contributed by atoms with van der Waals surface area (Å²) in [5.74, 6) is 0. The van der Waals surface area contributed by atoms with E-state index in [1.807, 2.05) is 10.8 Å². The molecule has 0 radical (unpaired) electrons. The van der Waals surface area contributed by atoms with Crippen molar-refractivity contribution >= 4 is 43.6 Å². The molecule has 0 saturated carbocycles. The van der Waals surface area contributed by atoms with Gasteiger partial charge < -0.3 is 5.73 Å². The van der Waals surface area contributed by atoms with Gasteiger partial charge in [0, 0.05) is 21.4 Å². The third-order valence-corrected chi connectivity index (χ3v) is 3.95. The highest BCUT2D eigenvalue weighted by Gasteiger charge is 2.11. The van der Waals surface area contributed by atoms with E-state index in [0.29, 0.717) is 0 Å². The summed E-state index contributed by atoms with van der Waals surface area (Å²) in [7, 11) is 0. The molecule has 5 heteroatoms. The van der Waals surface area contributed by atoms with Crippen molar-refractivity contribution in [3.05, 3.63) is 21.4 Å². The van der Waals surface area contributed by atoms with Crippen molar-refractivity contribution in [2.45, 2.75) is 0 Å². The molecule has 2 N–H and O–H groups in total. The lowest BCUT2D eigenvalue weighted by Crippen LogP contribution is -1.82. The van der Waals surface area contributed by atoms with Crippen LogP contribution in [0.3, 0.4) is 0 Å². The molecule has 12 heavy (non-hydrogen) atoms. The van der Waals surface area contributed by atoms with Gasteiger partial charge in [-0.2, -0.15) is 0 Å². The lowest BCUT2D eigenvalue weighted by molar-refractivity contribution is 1.42. The van der Waals surface area contributed by atoms with Gasteiger partial charge in [0.15, 0.2) is 0 Å². The predicted octanol–water partition coefficient (Wildman–Crippen LogP) is 3.22.